The number of nitrogen functional groups attached to an aromatic ring is 1. The van der Waals surface area contributed by atoms with Crippen molar-refractivity contribution in [2.24, 2.45) is 0 Å². The SMILES string of the molecule is Nc1cccc(-c2nc3sccn3c2-c2ccnc(Nc3cccc(OCCCN4CCOCC4)c3)n2)c1. The Kier molecular flexibility index (Phi) is 7.16. The number of morpholine rings is 1. The molecule has 0 radical (unpaired) electrons. The molecule has 38 heavy (non-hydrogen) atoms. The van der Waals surface area contributed by atoms with Crippen molar-refractivity contribution in [3.8, 4) is 28.4 Å². The molecule has 0 bridgehead atoms. The van der Waals surface area contributed by atoms with Crippen LogP contribution in [0.3, 0.4) is 0 Å². The van der Waals surface area contributed by atoms with Gasteiger partial charge in [-0.3, -0.25) is 9.30 Å². The number of hydrogen-bond acceptors (Lipinski definition) is 9. The van der Waals surface area contributed by atoms with Gasteiger partial charge in [-0.2, -0.15) is 0 Å². The number of benzene rings is 2. The largest absolute Gasteiger partial charge is 0.493 e. The molecule has 4 heterocycles. The van der Waals surface area contributed by atoms with E-state index in [1.807, 2.05) is 66.2 Å². The molecule has 3 aromatic heterocycles. The number of ether oxygens (including phenoxy) is 2. The smallest absolute Gasteiger partial charge is 0.227 e. The Labute approximate surface area is 224 Å². The van der Waals surface area contributed by atoms with E-state index in [-0.39, 0.29) is 0 Å². The van der Waals surface area contributed by atoms with E-state index < -0.39 is 0 Å². The van der Waals surface area contributed by atoms with E-state index in [0.717, 1.165) is 78.3 Å². The standard InChI is InChI=1S/C28H29N7O2S/c29-21-5-1-4-20(18-21)25-26(35-13-17-38-28(35)33-25)24-8-9-30-27(32-24)31-22-6-2-7-23(19-22)37-14-3-10-34-11-15-36-16-12-34/h1-2,4-9,13,17-19H,3,10-12,14-16,29H2,(H,30,31,32). The minimum absolute atomic E-state index is 0.496. The highest BCUT2D eigenvalue weighted by molar-refractivity contribution is 7.15. The molecular formula is C28H29N7O2S. The van der Waals surface area contributed by atoms with E-state index in [1.54, 1.807) is 17.5 Å². The summed E-state index contributed by atoms with van der Waals surface area (Å²) in [6.45, 7) is 5.31. The maximum Gasteiger partial charge on any atom is 0.227 e. The Balaban J connectivity index is 1.18. The van der Waals surface area contributed by atoms with E-state index in [0.29, 0.717) is 18.2 Å². The molecule has 0 unspecified atom stereocenters. The van der Waals surface area contributed by atoms with Crippen LogP contribution in [0.2, 0.25) is 0 Å². The second-order valence-corrected chi connectivity index (χ2v) is 9.94. The second-order valence-electron chi connectivity index (χ2n) is 9.06. The molecule has 0 spiro atoms. The van der Waals surface area contributed by atoms with Crippen molar-refractivity contribution in [1.29, 1.82) is 0 Å². The number of nitrogens with zero attached hydrogens (tertiary/aromatic N) is 5. The maximum absolute atomic E-state index is 6.06. The Morgan fingerprint density at radius 2 is 1.95 bits per heavy atom. The normalized spacial score (nSPS) is 14.1. The number of nitrogens with one attached hydrogen (secondary N) is 1. The Bertz CT molecular complexity index is 1530. The van der Waals surface area contributed by atoms with Crippen LogP contribution < -0.4 is 15.8 Å². The molecule has 1 aliphatic heterocycles. The molecule has 1 fully saturated rings. The lowest BCUT2D eigenvalue weighted by Crippen LogP contribution is -2.37. The summed E-state index contributed by atoms with van der Waals surface area (Å²) in [5, 5.41) is 5.34. The van der Waals surface area contributed by atoms with E-state index >= 15 is 0 Å². The van der Waals surface area contributed by atoms with Crippen LogP contribution in [0.15, 0.2) is 72.4 Å². The summed E-state index contributed by atoms with van der Waals surface area (Å²) in [6, 6.07) is 17.5. The highest BCUT2D eigenvalue weighted by Gasteiger charge is 2.19. The minimum Gasteiger partial charge on any atom is -0.493 e. The van der Waals surface area contributed by atoms with E-state index in [4.69, 9.17) is 25.2 Å². The zero-order valence-corrected chi connectivity index (χ0v) is 21.7. The van der Waals surface area contributed by atoms with Gasteiger partial charge in [-0.15, -0.1) is 11.3 Å². The summed E-state index contributed by atoms with van der Waals surface area (Å²) in [7, 11) is 0. The van der Waals surface area contributed by atoms with Crippen molar-refractivity contribution in [2.45, 2.75) is 6.42 Å². The number of thiazole rings is 1. The minimum atomic E-state index is 0.496. The fourth-order valence-electron chi connectivity index (χ4n) is 4.56. The summed E-state index contributed by atoms with van der Waals surface area (Å²) in [5.41, 5.74) is 11.1. The molecule has 9 nitrogen and oxygen atoms in total. The van der Waals surface area contributed by atoms with E-state index in [9.17, 15) is 0 Å². The fraction of sp³-hybridized carbons (Fsp3) is 0.250. The van der Waals surface area contributed by atoms with Crippen molar-refractivity contribution < 1.29 is 9.47 Å². The van der Waals surface area contributed by atoms with Crippen molar-refractivity contribution >= 4 is 33.6 Å². The number of rotatable bonds is 9. The monoisotopic (exact) mass is 527 g/mol. The van der Waals surface area contributed by atoms with Crippen LogP contribution in [0.25, 0.3) is 27.6 Å². The van der Waals surface area contributed by atoms with Gasteiger partial charge in [0.15, 0.2) is 4.96 Å². The fourth-order valence-corrected chi connectivity index (χ4v) is 5.28. The summed E-state index contributed by atoms with van der Waals surface area (Å²) in [4.78, 5) is 17.5. The van der Waals surface area contributed by atoms with Crippen molar-refractivity contribution in [3.05, 3.63) is 72.4 Å². The van der Waals surface area contributed by atoms with Gasteiger partial charge in [0.2, 0.25) is 5.95 Å². The van der Waals surface area contributed by atoms with Crippen LogP contribution >= 0.6 is 11.3 Å². The van der Waals surface area contributed by atoms with E-state index in [2.05, 4.69) is 19.6 Å². The molecule has 2 aromatic carbocycles. The first kappa shape index (κ1) is 24.4. The highest BCUT2D eigenvalue weighted by Crippen LogP contribution is 2.34. The molecule has 194 valence electrons. The van der Waals surface area contributed by atoms with Crippen LogP contribution in [-0.4, -0.2) is 63.7 Å². The lowest BCUT2D eigenvalue weighted by atomic mass is 10.1. The molecule has 0 amide bonds. The molecule has 0 atom stereocenters. The third kappa shape index (κ3) is 5.47. The molecule has 10 heteroatoms. The molecule has 0 aliphatic carbocycles. The van der Waals surface area contributed by atoms with Gasteiger partial charge in [0.25, 0.3) is 0 Å². The first-order chi connectivity index (χ1) is 18.7. The summed E-state index contributed by atoms with van der Waals surface area (Å²) < 4.78 is 13.5. The van der Waals surface area contributed by atoms with Crippen LogP contribution in [0, 0.1) is 0 Å². The van der Waals surface area contributed by atoms with Gasteiger partial charge in [0.1, 0.15) is 11.4 Å². The zero-order valence-electron chi connectivity index (χ0n) is 20.9. The van der Waals surface area contributed by atoms with Gasteiger partial charge >= 0.3 is 0 Å². The van der Waals surface area contributed by atoms with Crippen molar-refractivity contribution in [3.63, 3.8) is 0 Å². The average Bonchev–Trinajstić information content (AvgIpc) is 3.54. The number of fused-ring (bicyclic) bond motifs is 1. The molecule has 1 aliphatic rings. The lowest BCUT2D eigenvalue weighted by Gasteiger charge is -2.26. The van der Waals surface area contributed by atoms with Gasteiger partial charge in [0.05, 0.1) is 31.2 Å². The summed E-state index contributed by atoms with van der Waals surface area (Å²) >= 11 is 1.58. The Morgan fingerprint density at radius 3 is 2.84 bits per heavy atom. The number of imidazole rings is 1. The van der Waals surface area contributed by atoms with Crippen molar-refractivity contribution in [1.82, 2.24) is 24.3 Å². The van der Waals surface area contributed by atoms with Crippen LogP contribution in [0.4, 0.5) is 17.3 Å². The van der Waals surface area contributed by atoms with Gasteiger partial charge in [0, 0.05) is 60.4 Å². The highest BCUT2D eigenvalue weighted by atomic mass is 32.1. The predicted octanol–water partition coefficient (Wildman–Crippen LogP) is 4.95. The average molecular weight is 528 g/mol. The summed E-state index contributed by atoms with van der Waals surface area (Å²) in [6.07, 6.45) is 4.74. The Morgan fingerprint density at radius 1 is 1.05 bits per heavy atom. The van der Waals surface area contributed by atoms with E-state index in [1.165, 1.54) is 0 Å². The molecular weight excluding hydrogens is 498 g/mol. The van der Waals surface area contributed by atoms with Crippen molar-refractivity contribution in [2.75, 3.05) is 50.5 Å². The molecule has 0 saturated carbocycles. The van der Waals surface area contributed by atoms with Gasteiger partial charge in [-0.05, 0) is 36.8 Å². The zero-order chi connectivity index (χ0) is 25.7. The maximum atomic E-state index is 6.06. The predicted molar refractivity (Wildman–Crippen MR) is 151 cm³/mol. The number of aromatic nitrogens is 4. The quantitative estimate of drug-likeness (QED) is 0.205. The van der Waals surface area contributed by atoms with Crippen LogP contribution in [0.5, 0.6) is 5.75 Å². The molecule has 1 saturated heterocycles. The molecule has 5 aromatic rings. The van der Waals surface area contributed by atoms with Crippen LogP contribution in [-0.2, 0) is 4.74 Å². The molecule has 6 rings (SSSR count). The summed E-state index contributed by atoms with van der Waals surface area (Å²) in [5.74, 6) is 1.31. The number of nitrogens with two attached hydrogens (primary N) is 1. The van der Waals surface area contributed by atoms with Gasteiger partial charge in [-0.1, -0.05) is 18.2 Å². The second kappa shape index (κ2) is 11.2. The first-order valence-electron chi connectivity index (χ1n) is 12.7. The number of anilines is 3. The number of hydrogen-bond donors (Lipinski definition) is 2. The van der Waals surface area contributed by atoms with Crippen LogP contribution in [0.1, 0.15) is 6.42 Å². The third-order valence-corrected chi connectivity index (χ3v) is 7.16. The topological polar surface area (TPSA) is 103 Å². The van der Waals surface area contributed by atoms with Gasteiger partial charge < -0.3 is 20.5 Å². The Hall–Kier alpha value is -3.99. The first-order valence-corrected chi connectivity index (χ1v) is 13.6. The molecule has 3 N–H and O–H groups in total. The third-order valence-electron chi connectivity index (χ3n) is 6.40. The lowest BCUT2D eigenvalue weighted by molar-refractivity contribution is 0.0358. The van der Waals surface area contributed by atoms with Gasteiger partial charge in [-0.25, -0.2) is 15.0 Å².